The Balaban J connectivity index is 1.72. The number of benzene rings is 2. The fourth-order valence-electron chi connectivity index (χ4n) is 2.35. The van der Waals surface area contributed by atoms with Crippen LogP contribution in [-0.4, -0.2) is 22.7 Å². The summed E-state index contributed by atoms with van der Waals surface area (Å²) in [7, 11) is 0. The highest BCUT2D eigenvalue weighted by Gasteiger charge is 2.16. The van der Waals surface area contributed by atoms with Crippen molar-refractivity contribution < 1.29 is 13.9 Å². The molecule has 0 spiro atoms. The maximum atomic E-state index is 13.8. The number of amides is 1. The van der Waals surface area contributed by atoms with E-state index in [-0.39, 0.29) is 16.4 Å². The molecule has 0 fully saturated rings. The van der Waals surface area contributed by atoms with E-state index in [9.17, 15) is 9.18 Å². The third-order valence-corrected chi connectivity index (χ3v) is 3.86. The minimum atomic E-state index is -0.709. The van der Waals surface area contributed by atoms with E-state index in [1.807, 2.05) is 31.2 Å². The molecule has 0 saturated heterocycles. The minimum Gasteiger partial charge on any atom is -0.492 e. The van der Waals surface area contributed by atoms with Gasteiger partial charge in [-0.25, -0.2) is 4.39 Å². The van der Waals surface area contributed by atoms with Crippen LogP contribution in [0.5, 0.6) is 5.75 Å². The number of anilines is 3. The van der Waals surface area contributed by atoms with Gasteiger partial charge in [0.1, 0.15) is 11.6 Å². The highest BCUT2D eigenvalue weighted by molar-refractivity contribution is 6.34. The van der Waals surface area contributed by atoms with Crippen LogP contribution in [-0.2, 0) is 0 Å². The van der Waals surface area contributed by atoms with Gasteiger partial charge in [0, 0.05) is 0 Å². The lowest BCUT2D eigenvalue weighted by molar-refractivity contribution is 0.102. The zero-order valence-corrected chi connectivity index (χ0v) is 15.1. The Morgan fingerprint density at radius 3 is 2.52 bits per heavy atom. The molecule has 2 aromatic carbocycles. The number of ether oxygens (including phenoxy) is 1. The monoisotopic (exact) mass is 386 g/mol. The fourth-order valence-corrected chi connectivity index (χ4v) is 2.60. The van der Waals surface area contributed by atoms with Gasteiger partial charge in [0.25, 0.3) is 5.91 Å². The SMILES string of the molecule is CCOc1ccccc1Nc1ccc(NC(=O)c2c(F)cccc2Cl)nn1. The van der Waals surface area contributed by atoms with E-state index in [0.717, 1.165) is 11.8 Å². The van der Waals surface area contributed by atoms with Crippen molar-refractivity contribution in [3.05, 3.63) is 71.0 Å². The summed E-state index contributed by atoms with van der Waals surface area (Å²) >= 11 is 5.89. The predicted molar refractivity (Wildman–Crippen MR) is 102 cm³/mol. The maximum absolute atomic E-state index is 13.8. The molecule has 0 saturated carbocycles. The summed E-state index contributed by atoms with van der Waals surface area (Å²) in [6.07, 6.45) is 0. The van der Waals surface area contributed by atoms with Crippen LogP contribution in [0.25, 0.3) is 0 Å². The maximum Gasteiger partial charge on any atom is 0.261 e. The Kier molecular flexibility index (Phi) is 5.83. The highest BCUT2D eigenvalue weighted by atomic mass is 35.5. The largest absolute Gasteiger partial charge is 0.492 e. The van der Waals surface area contributed by atoms with Gasteiger partial charge in [-0.1, -0.05) is 29.8 Å². The second kappa shape index (κ2) is 8.46. The number of carbonyl (C=O) groups excluding carboxylic acids is 1. The number of halogens is 2. The van der Waals surface area contributed by atoms with Crippen molar-refractivity contribution in [3.8, 4) is 5.75 Å². The summed E-state index contributed by atoms with van der Waals surface area (Å²) in [5.41, 5.74) is 0.498. The average Bonchev–Trinajstić information content (AvgIpc) is 2.65. The van der Waals surface area contributed by atoms with Crippen molar-refractivity contribution in [1.82, 2.24) is 10.2 Å². The van der Waals surface area contributed by atoms with Gasteiger partial charge in [-0.3, -0.25) is 4.79 Å². The zero-order chi connectivity index (χ0) is 19.2. The van der Waals surface area contributed by atoms with Crippen LogP contribution in [0.15, 0.2) is 54.6 Å². The molecule has 1 aromatic heterocycles. The number of rotatable bonds is 6. The molecule has 2 N–H and O–H groups in total. The normalized spacial score (nSPS) is 10.3. The summed E-state index contributed by atoms with van der Waals surface area (Å²) in [5, 5.41) is 13.5. The molecule has 0 radical (unpaired) electrons. The third-order valence-electron chi connectivity index (χ3n) is 3.55. The molecule has 0 aliphatic carbocycles. The standard InChI is InChI=1S/C19H16ClFN4O2/c1-2-27-15-9-4-3-8-14(15)22-16-10-11-17(25-24-16)23-19(26)18-12(20)6-5-7-13(18)21/h3-11H,2H2,1H3,(H,22,24)(H,23,25,26). The Hall–Kier alpha value is -3.19. The lowest BCUT2D eigenvalue weighted by Gasteiger charge is -2.11. The quantitative estimate of drug-likeness (QED) is 0.644. The van der Waals surface area contributed by atoms with Crippen molar-refractivity contribution in [3.63, 3.8) is 0 Å². The number of hydrogen-bond acceptors (Lipinski definition) is 5. The summed E-state index contributed by atoms with van der Waals surface area (Å²) in [5.74, 6) is -0.0889. The van der Waals surface area contributed by atoms with Crippen molar-refractivity contribution in [1.29, 1.82) is 0 Å². The van der Waals surface area contributed by atoms with Crippen LogP contribution in [0.1, 0.15) is 17.3 Å². The molecule has 3 rings (SSSR count). The van der Waals surface area contributed by atoms with Crippen LogP contribution >= 0.6 is 11.6 Å². The van der Waals surface area contributed by atoms with Gasteiger partial charge >= 0.3 is 0 Å². The van der Waals surface area contributed by atoms with Crippen LogP contribution < -0.4 is 15.4 Å². The van der Waals surface area contributed by atoms with Crippen molar-refractivity contribution in [2.24, 2.45) is 0 Å². The first kappa shape index (κ1) is 18.6. The summed E-state index contributed by atoms with van der Waals surface area (Å²) < 4.78 is 19.3. The second-order valence-electron chi connectivity index (χ2n) is 5.41. The molecule has 27 heavy (non-hydrogen) atoms. The minimum absolute atomic E-state index is 0.0197. The molecule has 0 aliphatic heterocycles. The first-order valence-corrected chi connectivity index (χ1v) is 8.54. The van der Waals surface area contributed by atoms with E-state index < -0.39 is 11.7 Å². The number of nitrogens with one attached hydrogen (secondary N) is 2. The molecule has 1 heterocycles. The Morgan fingerprint density at radius 2 is 1.81 bits per heavy atom. The molecular formula is C19H16ClFN4O2. The van der Waals surface area contributed by atoms with Crippen molar-refractivity contribution >= 4 is 34.8 Å². The van der Waals surface area contributed by atoms with Crippen LogP contribution in [0.3, 0.4) is 0 Å². The Bertz CT molecular complexity index is 930. The van der Waals surface area contributed by atoms with Gasteiger partial charge in [0.05, 0.1) is 22.9 Å². The average molecular weight is 387 g/mol. The summed E-state index contributed by atoms with van der Waals surface area (Å²) in [6, 6.07) is 14.6. The number of nitrogens with zero attached hydrogens (tertiary/aromatic N) is 2. The lowest BCUT2D eigenvalue weighted by Crippen LogP contribution is -2.15. The molecule has 0 unspecified atom stereocenters. The topological polar surface area (TPSA) is 76.1 Å². The highest BCUT2D eigenvalue weighted by Crippen LogP contribution is 2.26. The molecule has 0 aliphatic rings. The van der Waals surface area contributed by atoms with Crippen LogP contribution in [0.2, 0.25) is 5.02 Å². The van der Waals surface area contributed by atoms with Crippen LogP contribution in [0.4, 0.5) is 21.7 Å². The van der Waals surface area contributed by atoms with E-state index in [0.29, 0.717) is 18.2 Å². The van der Waals surface area contributed by atoms with E-state index in [2.05, 4.69) is 20.8 Å². The number of carbonyl (C=O) groups is 1. The van der Waals surface area contributed by atoms with Gasteiger partial charge in [-0.05, 0) is 43.3 Å². The zero-order valence-electron chi connectivity index (χ0n) is 14.4. The van der Waals surface area contributed by atoms with E-state index in [1.54, 1.807) is 12.1 Å². The van der Waals surface area contributed by atoms with Gasteiger partial charge in [0.15, 0.2) is 11.6 Å². The Labute approximate surface area is 160 Å². The number of aromatic nitrogens is 2. The van der Waals surface area contributed by atoms with E-state index in [1.165, 1.54) is 12.1 Å². The molecule has 0 atom stereocenters. The smallest absolute Gasteiger partial charge is 0.261 e. The first-order chi connectivity index (χ1) is 13.1. The summed E-state index contributed by atoms with van der Waals surface area (Å²) in [6.45, 7) is 2.43. The Morgan fingerprint density at radius 1 is 1.07 bits per heavy atom. The fraction of sp³-hybridized carbons (Fsp3) is 0.105. The molecular weight excluding hydrogens is 371 g/mol. The van der Waals surface area contributed by atoms with Crippen molar-refractivity contribution in [2.45, 2.75) is 6.92 Å². The van der Waals surface area contributed by atoms with Gasteiger partial charge in [-0.2, -0.15) is 0 Å². The summed E-state index contributed by atoms with van der Waals surface area (Å²) in [4.78, 5) is 12.2. The molecule has 3 aromatic rings. The molecule has 8 heteroatoms. The molecule has 138 valence electrons. The molecule has 0 bridgehead atoms. The van der Waals surface area contributed by atoms with Gasteiger partial charge < -0.3 is 15.4 Å². The molecule has 6 nitrogen and oxygen atoms in total. The van der Waals surface area contributed by atoms with Crippen LogP contribution in [0, 0.1) is 5.82 Å². The molecule has 1 amide bonds. The third kappa shape index (κ3) is 4.51. The first-order valence-electron chi connectivity index (χ1n) is 8.16. The second-order valence-corrected chi connectivity index (χ2v) is 5.82. The predicted octanol–water partition coefficient (Wildman–Crippen LogP) is 4.66. The number of para-hydroxylation sites is 2. The number of hydrogen-bond donors (Lipinski definition) is 2. The van der Waals surface area contributed by atoms with Gasteiger partial charge in [-0.15, -0.1) is 10.2 Å². The van der Waals surface area contributed by atoms with E-state index in [4.69, 9.17) is 16.3 Å². The van der Waals surface area contributed by atoms with Crippen molar-refractivity contribution in [2.75, 3.05) is 17.2 Å². The lowest BCUT2D eigenvalue weighted by atomic mass is 10.2. The van der Waals surface area contributed by atoms with Gasteiger partial charge in [0.2, 0.25) is 0 Å². The van der Waals surface area contributed by atoms with E-state index >= 15 is 0 Å².